The van der Waals surface area contributed by atoms with Crippen LogP contribution in [0, 0.1) is 11.3 Å². The van der Waals surface area contributed by atoms with Crippen molar-refractivity contribution >= 4 is 17.6 Å². The van der Waals surface area contributed by atoms with Crippen LogP contribution in [0.25, 0.3) is 0 Å². The SMILES string of the molecule is CC(Oc1ccccc1)C(=O)OC(C)C(=O)N(CCC#N)c1ccccc1. The molecule has 0 radical (unpaired) electrons. The maximum absolute atomic E-state index is 12.8. The number of carbonyl (C=O) groups is 2. The molecule has 1 amide bonds. The van der Waals surface area contributed by atoms with Gasteiger partial charge in [-0.15, -0.1) is 0 Å². The Kier molecular flexibility index (Phi) is 7.38. The Morgan fingerprint density at radius 1 is 1.00 bits per heavy atom. The van der Waals surface area contributed by atoms with Gasteiger partial charge in [0.2, 0.25) is 0 Å². The lowest BCUT2D eigenvalue weighted by Crippen LogP contribution is -2.42. The first kappa shape index (κ1) is 20.0. The van der Waals surface area contributed by atoms with E-state index in [9.17, 15) is 9.59 Å². The highest BCUT2D eigenvalue weighted by atomic mass is 16.6. The lowest BCUT2D eigenvalue weighted by Gasteiger charge is -2.25. The van der Waals surface area contributed by atoms with Crippen molar-refractivity contribution in [2.75, 3.05) is 11.4 Å². The van der Waals surface area contributed by atoms with Crippen molar-refractivity contribution in [3.05, 3.63) is 60.7 Å². The zero-order valence-electron chi connectivity index (χ0n) is 15.4. The summed E-state index contributed by atoms with van der Waals surface area (Å²) >= 11 is 0. The molecule has 0 N–H and O–H groups in total. The fourth-order valence-electron chi connectivity index (χ4n) is 2.43. The molecular weight excluding hydrogens is 344 g/mol. The number of nitrogens with zero attached hydrogens (tertiary/aromatic N) is 2. The molecular formula is C21H22N2O4. The smallest absolute Gasteiger partial charge is 0.347 e. The molecule has 2 aromatic carbocycles. The molecule has 6 heteroatoms. The third kappa shape index (κ3) is 5.86. The van der Waals surface area contributed by atoms with Crippen LogP contribution < -0.4 is 9.64 Å². The van der Waals surface area contributed by atoms with Crippen molar-refractivity contribution < 1.29 is 19.1 Å². The van der Waals surface area contributed by atoms with Crippen molar-refractivity contribution in [2.24, 2.45) is 0 Å². The molecule has 0 heterocycles. The molecule has 0 aliphatic rings. The number of carbonyl (C=O) groups excluding carboxylic acids is 2. The van der Waals surface area contributed by atoms with Crippen LogP contribution in [-0.2, 0) is 14.3 Å². The summed E-state index contributed by atoms with van der Waals surface area (Å²) in [6.07, 6.45) is -1.68. The van der Waals surface area contributed by atoms with Gasteiger partial charge >= 0.3 is 5.97 Å². The van der Waals surface area contributed by atoms with Gasteiger partial charge in [0.05, 0.1) is 12.5 Å². The maximum Gasteiger partial charge on any atom is 0.347 e. The second-order valence-electron chi connectivity index (χ2n) is 5.89. The minimum Gasteiger partial charge on any atom is -0.479 e. The fraction of sp³-hybridized carbons (Fsp3) is 0.286. The highest BCUT2D eigenvalue weighted by Crippen LogP contribution is 2.17. The summed E-state index contributed by atoms with van der Waals surface area (Å²) in [6, 6.07) is 19.9. The Hall–Kier alpha value is -3.33. The van der Waals surface area contributed by atoms with Gasteiger partial charge in [0.15, 0.2) is 12.2 Å². The van der Waals surface area contributed by atoms with E-state index in [0.29, 0.717) is 11.4 Å². The molecule has 2 rings (SSSR count). The summed E-state index contributed by atoms with van der Waals surface area (Å²) < 4.78 is 10.8. The van der Waals surface area contributed by atoms with Crippen molar-refractivity contribution in [1.82, 2.24) is 0 Å². The Balaban J connectivity index is 2.01. The molecule has 27 heavy (non-hydrogen) atoms. The molecule has 6 nitrogen and oxygen atoms in total. The van der Waals surface area contributed by atoms with Gasteiger partial charge in [-0.1, -0.05) is 36.4 Å². The topological polar surface area (TPSA) is 79.6 Å². The summed E-state index contributed by atoms with van der Waals surface area (Å²) in [4.78, 5) is 26.5. The van der Waals surface area contributed by atoms with E-state index in [-0.39, 0.29) is 13.0 Å². The number of hydrogen-bond acceptors (Lipinski definition) is 5. The first-order valence-corrected chi connectivity index (χ1v) is 8.68. The van der Waals surface area contributed by atoms with Crippen LogP contribution in [0.15, 0.2) is 60.7 Å². The second kappa shape index (κ2) is 9.97. The summed E-state index contributed by atoms with van der Waals surface area (Å²) in [5.74, 6) is -0.481. The Labute approximate surface area is 158 Å². The van der Waals surface area contributed by atoms with Crippen molar-refractivity contribution in [3.63, 3.8) is 0 Å². The summed E-state index contributed by atoms with van der Waals surface area (Å²) in [7, 11) is 0. The third-order valence-corrected chi connectivity index (χ3v) is 3.81. The predicted molar refractivity (Wildman–Crippen MR) is 101 cm³/mol. The van der Waals surface area contributed by atoms with Crippen LogP contribution in [0.3, 0.4) is 0 Å². The third-order valence-electron chi connectivity index (χ3n) is 3.81. The average Bonchev–Trinajstić information content (AvgIpc) is 2.69. The highest BCUT2D eigenvalue weighted by Gasteiger charge is 2.27. The van der Waals surface area contributed by atoms with Crippen LogP contribution in [0.2, 0.25) is 0 Å². The van der Waals surface area contributed by atoms with Crippen molar-refractivity contribution in [2.45, 2.75) is 32.5 Å². The minimum absolute atomic E-state index is 0.175. The maximum atomic E-state index is 12.8. The van der Waals surface area contributed by atoms with E-state index < -0.39 is 24.1 Å². The Bertz CT molecular complexity index is 787. The quantitative estimate of drug-likeness (QED) is 0.670. The van der Waals surface area contributed by atoms with Crippen molar-refractivity contribution in [1.29, 1.82) is 5.26 Å². The summed E-state index contributed by atoms with van der Waals surface area (Å²) in [5.41, 5.74) is 0.647. The number of rotatable bonds is 8. The van der Waals surface area contributed by atoms with Gasteiger partial charge in [-0.2, -0.15) is 5.26 Å². The first-order valence-electron chi connectivity index (χ1n) is 8.68. The number of para-hydroxylation sites is 2. The van der Waals surface area contributed by atoms with Crippen LogP contribution >= 0.6 is 0 Å². The number of anilines is 1. The van der Waals surface area contributed by atoms with Gasteiger partial charge in [-0.25, -0.2) is 4.79 Å². The molecule has 2 aromatic rings. The standard InChI is InChI=1S/C21H22N2O4/c1-16(27-21(25)17(2)26-19-12-7-4-8-13-19)20(24)23(15-9-14-22)18-10-5-3-6-11-18/h3-8,10-13,16-17H,9,15H2,1-2H3. The second-order valence-corrected chi connectivity index (χ2v) is 5.89. The van der Waals surface area contributed by atoms with E-state index in [4.69, 9.17) is 14.7 Å². The van der Waals surface area contributed by atoms with Crippen LogP contribution in [0.5, 0.6) is 5.75 Å². The Morgan fingerprint density at radius 2 is 1.59 bits per heavy atom. The molecule has 0 spiro atoms. The number of ether oxygens (including phenoxy) is 2. The normalized spacial score (nSPS) is 12.3. The lowest BCUT2D eigenvalue weighted by atomic mass is 10.2. The van der Waals surface area contributed by atoms with Crippen molar-refractivity contribution in [3.8, 4) is 11.8 Å². The Morgan fingerprint density at radius 3 is 2.19 bits per heavy atom. The van der Waals surface area contributed by atoms with Crippen LogP contribution in [0.4, 0.5) is 5.69 Å². The van der Waals surface area contributed by atoms with Gasteiger partial charge in [0, 0.05) is 12.2 Å². The highest BCUT2D eigenvalue weighted by molar-refractivity contribution is 5.97. The molecule has 140 valence electrons. The zero-order chi connectivity index (χ0) is 19.6. The molecule has 0 aliphatic carbocycles. The average molecular weight is 366 g/mol. The van der Waals surface area contributed by atoms with Gasteiger partial charge in [-0.3, -0.25) is 4.79 Å². The van der Waals surface area contributed by atoms with E-state index in [1.54, 1.807) is 55.5 Å². The van der Waals surface area contributed by atoms with E-state index in [1.807, 2.05) is 18.2 Å². The molecule has 0 saturated carbocycles. The first-order chi connectivity index (χ1) is 13.0. The zero-order valence-corrected chi connectivity index (χ0v) is 15.4. The minimum atomic E-state index is -1.00. The number of esters is 1. The molecule has 2 atom stereocenters. The molecule has 0 aromatic heterocycles. The van der Waals surface area contributed by atoms with Crippen LogP contribution in [-0.4, -0.2) is 30.6 Å². The van der Waals surface area contributed by atoms with Gasteiger partial charge < -0.3 is 14.4 Å². The molecule has 0 saturated heterocycles. The van der Waals surface area contributed by atoms with Crippen LogP contribution in [0.1, 0.15) is 20.3 Å². The molecule has 0 fully saturated rings. The largest absolute Gasteiger partial charge is 0.479 e. The molecule has 0 bridgehead atoms. The van der Waals surface area contributed by atoms with E-state index in [0.717, 1.165) is 0 Å². The summed E-state index contributed by atoms with van der Waals surface area (Å²) in [5, 5.41) is 8.85. The van der Waals surface area contributed by atoms with Gasteiger partial charge in [0.1, 0.15) is 5.75 Å². The molecule has 2 unspecified atom stereocenters. The number of amides is 1. The van der Waals surface area contributed by atoms with Gasteiger partial charge in [0.25, 0.3) is 5.91 Å². The van der Waals surface area contributed by atoms with E-state index in [2.05, 4.69) is 0 Å². The molecule has 0 aliphatic heterocycles. The predicted octanol–water partition coefficient (Wildman–Crippen LogP) is 3.33. The number of hydrogen-bond donors (Lipinski definition) is 0. The van der Waals surface area contributed by atoms with E-state index in [1.165, 1.54) is 11.8 Å². The lowest BCUT2D eigenvalue weighted by molar-refractivity contribution is -0.160. The van der Waals surface area contributed by atoms with Gasteiger partial charge in [-0.05, 0) is 38.1 Å². The summed E-state index contributed by atoms with van der Waals surface area (Å²) in [6.45, 7) is 3.30. The number of benzene rings is 2. The fourth-order valence-corrected chi connectivity index (χ4v) is 2.43. The number of nitriles is 1. The van der Waals surface area contributed by atoms with E-state index >= 15 is 0 Å². The monoisotopic (exact) mass is 366 g/mol.